The van der Waals surface area contributed by atoms with Crippen molar-refractivity contribution in [3.8, 4) is 11.5 Å². The van der Waals surface area contributed by atoms with Gasteiger partial charge in [0.15, 0.2) is 11.5 Å². The maximum Gasteiger partial charge on any atom is 0.165 e. The summed E-state index contributed by atoms with van der Waals surface area (Å²) in [7, 11) is 0. The Hall–Kier alpha value is -1.22. The van der Waals surface area contributed by atoms with Gasteiger partial charge in [-0.1, -0.05) is 32.4 Å². The Bertz CT molecular complexity index is 470. The van der Waals surface area contributed by atoms with Gasteiger partial charge in [0.2, 0.25) is 0 Å². The molecule has 3 heteroatoms. The van der Waals surface area contributed by atoms with Crippen molar-refractivity contribution in [2.75, 3.05) is 13.2 Å². The van der Waals surface area contributed by atoms with Crippen LogP contribution in [-0.2, 0) is 6.54 Å². The van der Waals surface area contributed by atoms with Crippen LogP contribution in [0.25, 0.3) is 0 Å². The van der Waals surface area contributed by atoms with Crippen LogP contribution in [0.4, 0.5) is 0 Å². The quantitative estimate of drug-likeness (QED) is 0.915. The minimum Gasteiger partial charge on any atom is -0.490 e. The fourth-order valence-electron chi connectivity index (χ4n) is 3.33. The third-order valence-corrected chi connectivity index (χ3v) is 4.65. The highest BCUT2D eigenvalue weighted by Gasteiger charge is 2.34. The number of ether oxygens (including phenoxy) is 2. The van der Waals surface area contributed by atoms with Crippen LogP contribution in [-0.4, -0.2) is 19.3 Å². The first-order valence-electron chi connectivity index (χ1n) is 7.78. The lowest BCUT2D eigenvalue weighted by molar-refractivity contribution is 0.278. The predicted octanol–water partition coefficient (Wildman–Crippen LogP) is 3.52. The van der Waals surface area contributed by atoms with Crippen molar-refractivity contribution in [3.05, 3.63) is 23.8 Å². The zero-order valence-electron chi connectivity index (χ0n) is 12.6. The molecule has 3 rings (SSSR count). The molecule has 1 heterocycles. The first kappa shape index (κ1) is 13.7. The normalized spacial score (nSPS) is 24.4. The van der Waals surface area contributed by atoms with Crippen LogP contribution in [0.5, 0.6) is 11.5 Å². The standard InChI is InChI=1S/C17H25NO2/c1-17(2)9-4-8-15(17)18-12-13-6-3-7-14-16(13)20-11-5-10-19-14/h3,6-7,15,18H,4-5,8-12H2,1-2H3. The van der Waals surface area contributed by atoms with Gasteiger partial charge in [-0.05, 0) is 24.3 Å². The molecule has 3 nitrogen and oxygen atoms in total. The maximum atomic E-state index is 5.88. The average Bonchev–Trinajstić information content (AvgIpc) is 2.64. The van der Waals surface area contributed by atoms with E-state index in [1.807, 2.05) is 6.07 Å². The number of benzene rings is 1. The predicted molar refractivity (Wildman–Crippen MR) is 80.3 cm³/mol. The minimum atomic E-state index is 0.406. The summed E-state index contributed by atoms with van der Waals surface area (Å²) in [6, 6.07) is 6.81. The maximum absolute atomic E-state index is 5.88. The van der Waals surface area contributed by atoms with E-state index < -0.39 is 0 Å². The highest BCUT2D eigenvalue weighted by molar-refractivity contribution is 5.47. The van der Waals surface area contributed by atoms with Crippen LogP contribution in [0, 0.1) is 5.41 Å². The van der Waals surface area contributed by atoms with Gasteiger partial charge in [-0.25, -0.2) is 0 Å². The number of nitrogens with one attached hydrogen (secondary N) is 1. The highest BCUT2D eigenvalue weighted by Crippen LogP contribution is 2.38. The summed E-state index contributed by atoms with van der Waals surface area (Å²) in [5.41, 5.74) is 1.62. The summed E-state index contributed by atoms with van der Waals surface area (Å²) in [5, 5.41) is 3.72. The first-order valence-corrected chi connectivity index (χ1v) is 7.78. The minimum absolute atomic E-state index is 0.406. The topological polar surface area (TPSA) is 30.5 Å². The molecule has 1 unspecified atom stereocenters. The van der Waals surface area contributed by atoms with Crippen molar-refractivity contribution in [1.29, 1.82) is 0 Å². The van der Waals surface area contributed by atoms with E-state index in [1.165, 1.54) is 24.8 Å². The van der Waals surface area contributed by atoms with E-state index in [0.717, 1.165) is 37.7 Å². The van der Waals surface area contributed by atoms with Crippen molar-refractivity contribution in [3.63, 3.8) is 0 Å². The van der Waals surface area contributed by atoms with Crippen LogP contribution in [0.2, 0.25) is 0 Å². The monoisotopic (exact) mass is 275 g/mol. The zero-order valence-corrected chi connectivity index (χ0v) is 12.6. The summed E-state index contributed by atoms with van der Waals surface area (Å²) in [4.78, 5) is 0. The molecule has 1 aliphatic heterocycles. The number of fused-ring (bicyclic) bond motifs is 1. The molecule has 2 aliphatic rings. The molecular weight excluding hydrogens is 250 g/mol. The van der Waals surface area contributed by atoms with Crippen LogP contribution < -0.4 is 14.8 Å². The van der Waals surface area contributed by atoms with Gasteiger partial charge >= 0.3 is 0 Å². The lowest BCUT2D eigenvalue weighted by Gasteiger charge is -2.28. The highest BCUT2D eigenvalue weighted by atomic mass is 16.5. The Balaban J connectivity index is 1.71. The van der Waals surface area contributed by atoms with E-state index in [9.17, 15) is 0 Å². The fraction of sp³-hybridized carbons (Fsp3) is 0.647. The molecule has 0 amide bonds. The second-order valence-electron chi connectivity index (χ2n) is 6.61. The van der Waals surface area contributed by atoms with E-state index in [2.05, 4.69) is 31.3 Å². The molecule has 1 aromatic rings. The lowest BCUT2D eigenvalue weighted by atomic mass is 9.87. The number of para-hydroxylation sites is 1. The number of hydrogen-bond donors (Lipinski definition) is 1. The molecule has 1 atom stereocenters. The third kappa shape index (κ3) is 2.78. The summed E-state index contributed by atoms with van der Waals surface area (Å²) in [6.45, 7) is 7.09. The van der Waals surface area contributed by atoms with Crippen LogP contribution >= 0.6 is 0 Å². The van der Waals surface area contributed by atoms with Gasteiger partial charge in [0.1, 0.15) is 0 Å². The van der Waals surface area contributed by atoms with Gasteiger partial charge in [-0.15, -0.1) is 0 Å². The Morgan fingerprint density at radius 3 is 2.85 bits per heavy atom. The molecule has 20 heavy (non-hydrogen) atoms. The fourth-order valence-corrected chi connectivity index (χ4v) is 3.33. The van der Waals surface area contributed by atoms with Gasteiger partial charge in [-0.3, -0.25) is 0 Å². The number of hydrogen-bond acceptors (Lipinski definition) is 3. The van der Waals surface area contributed by atoms with Crippen molar-refractivity contribution < 1.29 is 9.47 Å². The van der Waals surface area contributed by atoms with Crippen molar-refractivity contribution in [2.45, 2.75) is 52.1 Å². The second-order valence-corrected chi connectivity index (χ2v) is 6.61. The van der Waals surface area contributed by atoms with E-state index in [1.54, 1.807) is 0 Å². The van der Waals surface area contributed by atoms with E-state index >= 15 is 0 Å². The van der Waals surface area contributed by atoms with Gasteiger partial charge in [0.05, 0.1) is 13.2 Å². The van der Waals surface area contributed by atoms with Gasteiger partial charge in [-0.2, -0.15) is 0 Å². The van der Waals surface area contributed by atoms with Crippen LogP contribution in [0.15, 0.2) is 18.2 Å². The van der Waals surface area contributed by atoms with Gasteiger partial charge in [0, 0.05) is 24.6 Å². The zero-order chi connectivity index (χ0) is 14.0. The molecule has 0 bridgehead atoms. The molecule has 1 aliphatic carbocycles. The Morgan fingerprint density at radius 2 is 2.05 bits per heavy atom. The van der Waals surface area contributed by atoms with Crippen molar-refractivity contribution in [1.82, 2.24) is 5.32 Å². The largest absolute Gasteiger partial charge is 0.490 e. The molecule has 0 aromatic heterocycles. The van der Waals surface area contributed by atoms with Crippen molar-refractivity contribution >= 4 is 0 Å². The Morgan fingerprint density at radius 1 is 1.20 bits per heavy atom. The summed E-state index contributed by atoms with van der Waals surface area (Å²) in [6.07, 6.45) is 4.88. The van der Waals surface area contributed by atoms with Crippen molar-refractivity contribution in [2.24, 2.45) is 5.41 Å². The third-order valence-electron chi connectivity index (χ3n) is 4.65. The Kier molecular flexibility index (Phi) is 3.88. The number of rotatable bonds is 3. The van der Waals surface area contributed by atoms with Crippen LogP contribution in [0.1, 0.15) is 45.1 Å². The van der Waals surface area contributed by atoms with E-state index in [-0.39, 0.29) is 0 Å². The first-order chi connectivity index (χ1) is 9.67. The van der Waals surface area contributed by atoms with Crippen LogP contribution in [0.3, 0.4) is 0 Å². The van der Waals surface area contributed by atoms with Gasteiger partial charge in [0.25, 0.3) is 0 Å². The summed E-state index contributed by atoms with van der Waals surface area (Å²) < 4.78 is 11.6. The molecule has 0 radical (unpaired) electrons. The second kappa shape index (κ2) is 5.65. The lowest BCUT2D eigenvalue weighted by Crippen LogP contribution is -2.37. The van der Waals surface area contributed by atoms with Gasteiger partial charge < -0.3 is 14.8 Å². The Labute approximate surface area is 121 Å². The van der Waals surface area contributed by atoms with E-state index in [0.29, 0.717) is 11.5 Å². The molecule has 1 fully saturated rings. The summed E-state index contributed by atoms with van der Waals surface area (Å²) >= 11 is 0. The summed E-state index contributed by atoms with van der Waals surface area (Å²) in [5.74, 6) is 1.83. The SMILES string of the molecule is CC1(C)CCCC1NCc1cccc2c1OCCCO2. The molecule has 1 aromatic carbocycles. The molecule has 110 valence electrons. The molecule has 0 saturated heterocycles. The molecular formula is C17H25NO2. The molecule has 1 N–H and O–H groups in total. The molecule has 1 saturated carbocycles. The molecule has 0 spiro atoms. The smallest absolute Gasteiger partial charge is 0.165 e. The average molecular weight is 275 g/mol. The van der Waals surface area contributed by atoms with E-state index in [4.69, 9.17) is 9.47 Å².